The predicted molar refractivity (Wildman–Crippen MR) is 46.3 cm³/mol. The van der Waals surface area contributed by atoms with Crippen molar-refractivity contribution in [3.63, 3.8) is 0 Å². The van der Waals surface area contributed by atoms with E-state index in [9.17, 15) is 4.79 Å². The first-order chi connectivity index (χ1) is 5.77. The predicted octanol–water partition coefficient (Wildman–Crippen LogP) is 0.475. The van der Waals surface area contributed by atoms with Crippen molar-refractivity contribution in [2.75, 3.05) is 19.6 Å². The average molecular weight is 167 g/mol. The van der Waals surface area contributed by atoms with Gasteiger partial charge in [0.1, 0.15) is 0 Å². The first kappa shape index (κ1) is 8.05. The van der Waals surface area contributed by atoms with E-state index in [4.69, 9.17) is 0 Å². The molecule has 0 aromatic rings. The van der Waals surface area contributed by atoms with E-state index in [2.05, 4.69) is 11.9 Å². The Bertz CT molecular complexity index is 193. The number of hydrogen-bond acceptors (Lipinski definition) is 2. The minimum absolute atomic E-state index is 0.343. The first-order valence-corrected chi connectivity index (χ1v) is 4.62. The minimum Gasteiger partial charge on any atom is -0.457 e. The molecule has 0 aliphatic carbocycles. The van der Waals surface area contributed by atoms with E-state index in [1.165, 1.54) is 0 Å². The maximum atomic E-state index is 11.4. The highest BCUT2D eigenvalue weighted by Crippen LogP contribution is 2.20. The summed E-state index contributed by atoms with van der Waals surface area (Å²) in [5.41, 5.74) is 0. The van der Waals surface area contributed by atoms with Crippen LogP contribution in [-0.4, -0.2) is 41.4 Å². The molecular formula is C9H15N2O-. The number of hydrogen-bond donors (Lipinski definition) is 0. The second kappa shape index (κ2) is 3.05. The van der Waals surface area contributed by atoms with Gasteiger partial charge in [-0.3, -0.25) is 11.8 Å². The van der Waals surface area contributed by atoms with Gasteiger partial charge in [0.2, 0.25) is 5.91 Å². The van der Waals surface area contributed by atoms with E-state index in [1.54, 1.807) is 0 Å². The maximum absolute atomic E-state index is 11.4. The molecule has 12 heavy (non-hydrogen) atoms. The average Bonchev–Trinajstić information content (AvgIpc) is 2.58. The van der Waals surface area contributed by atoms with Crippen LogP contribution in [0.1, 0.15) is 19.3 Å². The normalized spacial score (nSPS) is 31.9. The fourth-order valence-electron chi connectivity index (χ4n) is 2.12. The van der Waals surface area contributed by atoms with E-state index >= 15 is 0 Å². The maximum Gasteiger partial charge on any atom is 0.222 e. The molecule has 3 nitrogen and oxygen atoms in total. The lowest BCUT2D eigenvalue weighted by Crippen LogP contribution is -2.37. The van der Waals surface area contributed by atoms with Crippen molar-refractivity contribution in [3.05, 3.63) is 7.05 Å². The minimum atomic E-state index is 0.343. The Balaban J connectivity index is 1.96. The quantitative estimate of drug-likeness (QED) is 0.530. The third-order valence-corrected chi connectivity index (χ3v) is 2.80. The summed E-state index contributed by atoms with van der Waals surface area (Å²) in [7, 11) is 3.88. The summed E-state index contributed by atoms with van der Waals surface area (Å²) in [5, 5.41) is 0. The summed E-state index contributed by atoms with van der Waals surface area (Å²) < 4.78 is 0. The molecule has 1 amide bonds. The van der Waals surface area contributed by atoms with Crippen LogP contribution in [0.4, 0.5) is 0 Å². The number of amides is 1. The van der Waals surface area contributed by atoms with Crippen LogP contribution in [0.15, 0.2) is 0 Å². The van der Waals surface area contributed by atoms with E-state index in [-0.39, 0.29) is 0 Å². The Morgan fingerprint density at radius 3 is 2.75 bits per heavy atom. The van der Waals surface area contributed by atoms with Gasteiger partial charge in [-0.25, -0.2) is 0 Å². The lowest BCUT2D eigenvalue weighted by molar-refractivity contribution is -0.129. The first-order valence-electron chi connectivity index (χ1n) is 4.62. The topological polar surface area (TPSA) is 23.6 Å². The Kier molecular flexibility index (Phi) is 2.05. The number of nitrogens with zero attached hydrogens (tertiary/aromatic N) is 2. The van der Waals surface area contributed by atoms with Crippen molar-refractivity contribution in [2.24, 2.45) is 0 Å². The zero-order valence-electron chi connectivity index (χ0n) is 7.33. The van der Waals surface area contributed by atoms with E-state index in [1.807, 2.05) is 4.90 Å². The number of rotatable bonds is 1. The third kappa shape index (κ3) is 1.33. The highest BCUT2D eigenvalue weighted by atomic mass is 16.2. The highest BCUT2D eigenvalue weighted by molar-refractivity contribution is 5.78. The van der Waals surface area contributed by atoms with Gasteiger partial charge in [0.15, 0.2) is 0 Å². The van der Waals surface area contributed by atoms with Crippen molar-refractivity contribution in [3.8, 4) is 0 Å². The number of carbonyl (C=O) groups is 1. The molecule has 0 aromatic heterocycles. The van der Waals surface area contributed by atoms with Crippen LogP contribution < -0.4 is 0 Å². The molecule has 0 radical (unpaired) electrons. The SMILES string of the molecule is [CH2-]N1CC[C@@H](N2CCCC2=O)C1. The van der Waals surface area contributed by atoms with Crippen molar-refractivity contribution in [1.82, 2.24) is 9.80 Å². The highest BCUT2D eigenvalue weighted by Gasteiger charge is 2.29. The molecule has 0 unspecified atom stereocenters. The molecule has 3 heteroatoms. The molecule has 0 N–H and O–H groups in total. The van der Waals surface area contributed by atoms with Gasteiger partial charge in [0.25, 0.3) is 0 Å². The molecule has 0 bridgehead atoms. The zero-order chi connectivity index (χ0) is 8.55. The van der Waals surface area contributed by atoms with Gasteiger partial charge in [-0.2, -0.15) is 0 Å². The molecule has 2 aliphatic rings. The standard InChI is InChI=1S/C9H15N2O/c1-10-6-4-8(7-10)11-5-2-3-9(11)12/h8H,1-7H2/q-1/t8-/m1/s1. The van der Waals surface area contributed by atoms with Gasteiger partial charge in [-0.15, -0.1) is 0 Å². The second-order valence-electron chi connectivity index (χ2n) is 3.71. The van der Waals surface area contributed by atoms with Crippen LogP contribution in [0.5, 0.6) is 0 Å². The van der Waals surface area contributed by atoms with Gasteiger partial charge in [-0.1, -0.05) is 0 Å². The van der Waals surface area contributed by atoms with Crippen molar-refractivity contribution in [1.29, 1.82) is 0 Å². The Morgan fingerprint density at radius 2 is 2.25 bits per heavy atom. The fourth-order valence-corrected chi connectivity index (χ4v) is 2.12. The summed E-state index contributed by atoms with van der Waals surface area (Å²) in [6.45, 7) is 2.97. The summed E-state index contributed by atoms with van der Waals surface area (Å²) in [4.78, 5) is 15.4. The smallest absolute Gasteiger partial charge is 0.222 e. The van der Waals surface area contributed by atoms with Crippen LogP contribution in [0.25, 0.3) is 0 Å². The summed E-state index contributed by atoms with van der Waals surface area (Å²) in [6.07, 6.45) is 2.91. The molecule has 1 atom stereocenters. The monoisotopic (exact) mass is 167 g/mol. The summed E-state index contributed by atoms with van der Waals surface area (Å²) in [5.74, 6) is 0.343. The zero-order valence-corrected chi connectivity index (χ0v) is 7.33. The number of carbonyl (C=O) groups excluding carboxylic acids is 1. The molecule has 2 fully saturated rings. The molecule has 2 rings (SSSR count). The van der Waals surface area contributed by atoms with E-state index in [0.717, 1.165) is 38.9 Å². The van der Waals surface area contributed by atoms with Crippen LogP contribution in [-0.2, 0) is 4.79 Å². The Hall–Kier alpha value is -0.570. The molecule has 2 saturated heterocycles. The number of likely N-dealkylation sites (tertiary alicyclic amines) is 2. The molecule has 0 aromatic carbocycles. The van der Waals surface area contributed by atoms with Crippen molar-refractivity contribution >= 4 is 5.91 Å². The van der Waals surface area contributed by atoms with Crippen LogP contribution in [0.3, 0.4) is 0 Å². The summed E-state index contributed by atoms with van der Waals surface area (Å²) >= 11 is 0. The summed E-state index contributed by atoms with van der Waals surface area (Å²) in [6, 6.07) is 0.456. The third-order valence-electron chi connectivity index (χ3n) is 2.80. The molecule has 0 saturated carbocycles. The van der Waals surface area contributed by atoms with Crippen LogP contribution in [0, 0.1) is 7.05 Å². The fraction of sp³-hybridized carbons (Fsp3) is 0.778. The lowest BCUT2D eigenvalue weighted by atomic mass is 10.2. The molecular weight excluding hydrogens is 152 g/mol. The van der Waals surface area contributed by atoms with Crippen molar-refractivity contribution < 1.29 is 4.79 Å². The van der Waals surface area contributed by atoms with Crippen LogP contribution >= 0.6 is 0 Å². The molecule has 0 spiro atoms. The largest absolute Gasteiger partial charge is 0.457 e. The van der Waals surface area contributed by atoms with Gasteiger partial charge in [-0.05, 0) is 25.9 Å². The van der Waals surface area contributed by atoms with Gasteiger partial charge >= 0.3 is 0 Å². The van der Waals surface area contributed by atoms with Gasteiger partial charge in [0, 0.05) is 19.0 Å². The second-order valence-corrected chi connectivity index (χ2v) is 3.71. The molecule has 2 aliphatic heterocycles. The van der Waals surface area contributed by atoms with Gasteiger partial charge < -0.3 is 9.80 Å². The van der Waals surface area contributed by atoms with Gasteiger partial charge in [0.05, 0.1) is 0 Å². The Labute approximate surface area is 73.3 Å². The lowest BCUT2D eigenvalue weighted by Gasteiger charge is -2.25. The van der Waals surface area contributed by atoms with E-state index < -0.39 is 0 Å². The van der Waals surface area contributed by atoms with E-state index in [0.29, 0.717) is 11.9 Å². The van der Waals surface area contributed by atoms with Crippen LogP contribution in [0.2, 0.25) is 0 Å². The molecule has 68 valence electrons. The Morgan fingerprint density at radius 1 is 1.42 bits per heavy atom. The molecule has 2 heterocycles. The van der Waals surface area contributed by atoms with Crippen molar-refractivity contribution in [2.45, 2.75) is 25.3 Å².